The van der Waals surface area contributed by atoms with Crippen LogP contribution < -0.4 is 5.32 Å². The van der Waals surface area contributed by atoms with E-state index < -0.39 is 11.6 Å². The van der Waals surface area contributed by atoms with Crippen molar-refractivity contribution in [2.45, 2.75) is 45.2 Å². The Balaban J connectivity index is 1.88. The molecule has 0 bridgehead atoms. The molecule has 0 aliphatic carbocycles. The highest BCUT2D eigenvalue weighted by atomic mass is 16.5. The second kappa shape index (κ2) is 6.07. The molecule has 1 aliphatic heterocycles. The molecule has 1 aromatic carbocycles. The monoisotopic (exact) mass is 328 g/mol. The van der Waals surface area contributed by atoms with E-state index in [4.69, 9.17) is 4.52 Å². The Morgan fingerprint density at radius 2 is 1.96 bits per heavy atom. The molecule has 7 heteroatoms. The molecular weight excluding hydrogens is 308 g/mol. The fourth-order valence-electron chi connectivity index (χ4n) is 2.83. The molecule has 126 valence electrons. The zero-order chi connectivity index (χ0) is 17.3. The largest absolute Gasteiger partial charge is 0.337 e. The van der Waals surface area contributed by atoms with Crippen LogP contribution >= 0.6 is 0 Å². The zero-order valence-corrected chi connectivity index (χ0v) is 13.9. The van der Waals surface area contributed by atoms with E-state index in [1.807, 2.05) is 51.1 Å². The van der Waals surface area contributed by atoms with E-state index in [9.17, 15) is 9.59 Å². The van der Waals surface area contributed by atoms with Gasteiger partial charge < -0.3 is 9.84 Å². The lowest BCUT2D eigenvalue weighted by molar-refractivity contribution is -0.132. The van der Waals surface area contributed by atoms with Gasteiger partial charge in [0.25, 0.3) is 5.91 Å². The minimum absolute atomic E-state index is 0.0288. The van der Waals surface area contributed by atoms with Crippen molar-refractivity contribution in [1.29, 1.82) is 0 Å². The molecule has 2 aromatic rings. The molecule has 1 atom stereocenters. The van der Waals surface area contributed by atoms with Crippen LogP contribution in [0.5, 0.6) is 0 Å². The fraction of sp³-hybridized carbons (Fsp3) is 0.412. The summed E-state index contributed by atoms with van der Waals surface area (Å²) < 4.78 is 5.16. The van der Waals surface area contributed by atoms with Gasteiger partial charge >= 0.3 is 6.03 Å². The van der Waals surface area contributed by atoms with Gasteiger partial charge in [-0.2, -0.15) is 4.98 Å². The summed E-state index contributed by atoms with van der Waals surface area (Å²) in [6, 6.07) is 8.81. The maximum absolute atomic E-state index is 13.0. The van der Waals surface area contributed by atoms with Gasteiger partial charge in [-0.25, -0.2) is 4.79 Å². The number of amides is 3. The Morgan fingerprint density at radius 3 is 2.54 bits per heavy atom. The van der Waals surface area contributed by atoms with Crippen LogP contribution in [0.3, 0.4) is 0 Å². The Bertz CT molecular complexity index is 756. The van der Waals surface area contributed by atoms with E-state index in [0.29, 0.717) is 12.2 Å². The molecule has 1 aromatic heterocycles. The summed E-state index contributed by atoms with van der Waals surface area (Å²) in [6.07, 6.45) is 0.458. The van der Waals surface area contributed by atoms with Crippen LogP contribution in [0.4, 0.5) is 4.79 Å². The summed E-state index contributed by atoms with van der Waals surface area (Å²) in [5.41, 5.74) is -0.277. The molecule has 3 amide bonds. The van der Waals surface area contributed by atoms with E-state index in [0.717, 1.165) is 10.5 Å². The smallest absolute Gasteiger partial charge is 0.325 e. The standard InChI is InChI=1S/C17H20N4O3/c1-4-17(12-8-6-5-7-9-12)15(22)21(16(23)19-17)10-13-18-14(11(2)3)20-24-13/h5-9,11H,4,10H2,1-3H3,(H,19,23)/t17-/m0/s1. The lowest BCUT2D eigenvalue weighted by Crippen LogP contribution is -2.43. The number of carbonyl (C=O) groups excluding carboxylic acids is 2. The molecule has 1 saturated heterocycles. The molecule has 0 radical (unpaired) electrons. The SMILES string of the molecule is CC[C@@]1(c2ccccc2)NC(=O)N(Cc2nc(C(C)C)no2)C1=O. The molecule has 2 heterocycles. The van der Waals surface area contributed by atoms with Gasteiger partial charge in [0.05, 0.1) is 0 Å². The number of urea groups is 1. The van der Waals surface area contributed by atoms with Crippen LogP contribution in [-0.4, -0.2) is 27.0 Å². The first-order chi connectivity index (χ1) is 11.5. The number of hydrogen-bond acceptors (Lipinski definition) is 5. The van der Waals surface area contributed by atoms with E-state index in [1.165, 1.54) is 0 Å². The molecule has 3 rings (SSSR count). The van der Waals surface area contributed by atoms with E-state index in [1.54, 1.807) is 0 Å². The molecule has 1 fully saturated rings. The second-order valence-electron chi connectivity index (χ2n) is 6.15. The van der Waals surface area contributed by atoms with E-state index in [-0.39, 0.29) is 24.3 Å². The van der Waals surface area contributed by atoms with Gasteiger partial charge in [-0.15, -0.1) is 0 Å². The van der Waals surface area contributed by atoms with Gasteiger partial charge in [0, 0.05) is 5.92 Å². The highest BCUT2D eigenvalue weighted by molar-refractivity contribution is 6.07. The zero-order valence-electron chi connectivity index (χ0n) is 13.9. The average molecular weight is 328 g/mol. The first kappa shape index (κ1) is 16.2. The Hall–Kier alpha value is -2.70. The highest BCUT2D eigenvalue weighted by Crippen LogP contribution is 2.33. The van der Waals surface area contributed by atoms with Gasteiger partial charge in [-0.05, 0) is 12.0 Å². The van der Waals surface area contributed by atoms with Gasteiger partial charge in [0.1, 0.15) is 12.1 Å². The molecule has 0 saturated carbocycles. The van der Waals surface area contributed by atoms with Crippen molar-refractivity contribution in [3.63, 3.8) is 0 Å². The van der Waals surface area contributed by atoms with Crippen LogP contribution in [-0.2, 0) is 16.9 Å². The van der Waals surface area contributed by atoms with Crippen LogP contribution in [0.2, 0.25) is 0 Å². The van der Waals surface area contributed by atoms with Crippen molar-refractivity contribution in [1.82, 2.24) is 20.4 Å². The van der Waals surface area contributed by atoms with Gasteiger partial charge in [-0.1, -0.05) is 56.3 Å². The number of aromatic nitrogens is 2. The van der Waals surface area contributed by atoms with Gasteiger partial charge in [-0.3, -0.25) is 9.69 Å². The molecule has 1 aliphatic rings. The van der Waals surface area contributed by atoms with E-state index in [2.05, 4.69) is 15.5 Å². The minimum atomic E-state index is -1.04. The first-order valence-corrected chi connectivity index (χ1v) is 8.00. The minimum Gasteiger partial charge on any atom is -0.337 e. The molecular formula is C17H20N4O3. The van der Waals surface area contributed by atoms with Gasteiger partial charge in [0.2, 0.25) is 5.89 Å². The maximum atomic E-state index is 13.0. The third kappa shape index (κ3) is 2.55. The lowest BCUT2D eigenvalue weighted by Gasteiger charge is -2.25. The molecule has 7 nitrogen and oxygen atoms in total. The summed E-state index contributed by atoms with van der Waals surface area (Å²) in [4.78, 5) is 30.7. The van der Waals surface area contributed by atoms with Crippen LogP contribution in [0, 0.1) is 0 Å². The molecule has 24 heavy (non-hydrogen) atoms. The van der Waals surface area contributed by atoms with Gasteiger partial charge in [0.15, 0.2) is 5.82 Å². The Kier molecular flexibility index (Phi) is 4.09. The van der Waals surface area contributed by atoms with Crippen molar-refractivity contribution < 1.29 is 14.1 Å². The predicted octanol–water partition coefficient (Wildman–Crippen LogP) is 2.55. The fourth-order valence-corrected chi connectivity index (χ4v) is 2.83. The highest BCUT2D eigenvalue weighted by Gasteiger charge is 2.51. The topological polar surface area (TPSA) is 88.3 Å². The number of rotatable bonds is 5. The van der Waals surface area contributed by atoms with Crippen LogP contribution in [0.15, 0.2) is 34.9 Å². The molecule has 0 unspecified atom stereocenters. The summed E-state index contributed by atoms with van der Waals surface area (Å²) in [5.74, 6) is 0.624. The number of imide groups is 1. The van der Waals surface area contributed by atoms with Crippen molar-refractivity contribution in [3.05, 3.63) is 47.6 Å². The summed E-state index contributed by atoms with van der Waals surface area (Å²) in [7, 11) is 0. The van der Waals surface area contributed by atoms with Crippen molar-refractivity contribution in [2.24, 2.45) is 0 Å². The second-order valence-corrected chi connectivity index (χ2v) is 6.15. The third-order valence-corrected chi connectivity index (χ3v) is 4.27. The van der Waals surface area contributed by atoms with Crippen molar-refractivity contribution in [3.8, 4) is 0 Å². The number of carbonyl (C=O) groups is 2. The van der Waals surface area contributed by atoms with Crippen molar-refractivity contribution in [2.75, 3.05) is 0 Å². The first-order valence-electron chi connectivity index (χ1n) is 8.00. The third-order valence-electron chi connectivity index (χ3n) is 4.27. The summed E-state index contributed by atoms with van der Waals surface area (Å²) >= 11 is 0. The molecule has 0 spiro atoms. The van der Waals surface area contributed by atoms with Crippen LogP contribution in [0.25, 0.3) is 0 Å². The van der Waals surface area contributed by atoms with Crippen molar-refractivity contribution >= 4 is 11.9 Å². The van der Waals surface area contributed by atoms with E-state index >= 15 is 0 Å². The number of hydrogen-bond donors (Lipinski definition) is 1. The quantitative estimate of drug-likeness (QED) is 0.852. The predicted molar refractivity (Wildman–Crippen MR) is 85.9 cm³/mol. The normalized spacial score (nSPS) is 20.8. The summed E-state index contributed by atoms with van der Waals surface area (Å²) in [5, 5.41) is 6.70. The summed E-state index contributed by atoms with van der Waals surface area (Å²) in [6.45, 7) is 5.73. The number of benzene rings is 1. The average Bonchev–Trinajstić information content (AvgIpc) is 3.15. The number of nitrogens with one attached hydrogen (secondary N) is 1. The Labute approximate surface area is 140 Å². The number of nitrogens with zero attached hydrogens (tertiary/aromatic N) is 3. The maximum Gasteiger partial charge on any atom is 0.325 e. The molecule has 1 N–H and O–H groups in total. The lowest BCUT2D eigenvalue weighted by atomic mass is 9.87. The van der Waals surface area contributed by atoms with Crippen LogP contribution in [0.1, 0.15) is 50.4 Å². The Morgan fingerprint density at radius 1 is 1.25 bits per heavy atom.